The topological polar surface area (TPSA) is 148 Å². The van der Waals surface area contributed by atoms with Crippen LogP contribution in [0.2, 0.25) is 0 Å². The maximum atomic E-state index is 12.9. The lowest BCUT2D eigenvalue weighted by molar-refractivity contribution is -0.384. The molecular weight excluding hydrogens is 478 g/mol. The van der Waals surface area contributed by atoms with E-state index in [2.05, 4.69) is 5.32 Å². The molecule has 2 aromatic carbocycles. The molecule has 2 amide bonds. The first-order valence-electron chi connectivity index (χ1n) is 10.7. The highest BCUT2D eigenvalue weighted by Gasteiger charge is 2.61. The SMILES string of the molecule is CC1(O)CS[C@H]2C(NC(=O)COc3ccccc3)C(=O)N2C1C(=O)OCc1ccc([N+](=O)[O-])cc1. The Bertz CT molecular complexity index is 1130. The third-order valence-electron chi connectivity index (χ3n) is 5.67. The van der Waals surface area contributed by atoms with E-state index >= 15 is 0 Å². The number of fused-ring (bicyclic) bond motifs is 1. The summed E-state index contributed by atoms with van der Waals surface area (Å²) in [5, 5.41) is 23.7. The van der Waals surface area contributed by atoms with Crippen molar-refractivity contribution in [1.82, 2.24) is 10.2 Å². The molecule has 0 radical (unpaired) electrons. The summed E-state index contributed by atoms with van der Waals surface area (Å²) >= 11 is 1.26. The molecule has 0 aliphatic carbocycles. The summed E-state index contributed by atoms with van der Waals surface area (Å²) in [6, 6.07) is 12.2. The van der Waals surface area contributed by atoms with E-state index in [-0.39, 0.29) is 24.7 Å². The molecule has 0 spiro atoms. The molecule has 2 aliphatic heterocycles. The molecule has 35 heavy (non-hydrogen) atoms. The smallest absolute Gasteiger partial charge is 0.332 e. The zero-order valence-electron chi connectivity index (χ0n) is 18.7. The summed E-state index contributed by atoms with van der Waals surface area (Å²) in [5.74, 6) is -1.13. The minimum atomic E-state index is -1.55. The molecule has 2 aromatic rings. The number of amides is 2. The van der Waals surface area contributed by atoms with Crippen molar-refractivity contribution < 1.29 is 33.9 Å². The molecule has 0 bridgehead atoms. The number of thioether (sulfide) groups is 1. The number of non-ortho nitro benzene ring substituents is 1. The Labute approximate surface area is 204 Å². The molecule has 2 aliphatic rings. The Balaban J connectivity index is 1.36. The highest BCUT2D eigenvalue weighted by Crippen LogP contribution is 2.42. The van der Waals surface area contributed by atoms with Crippen LogP contribution in [0.1, 0.15) is 12.5 Å². The van der Waals surface area contributed by atoms with Gasteiger partial charge in [0, 0.05) is 17.9 Å². The van der Waals surface area contributed by atoms with Crippen LogP contribution in [0.4, 0.5) is 5.69 Å². The quantitative estimate of drug-likeness (QED) is 0.236. The maximum absolute atomic E-state index is 12.9. The molecule has 4 rings (SSSR count). The minimum Gasteiger partial charge on any atom is -0.484 e. The monoisotopic (exact) mass is 501 g/mol. The Morgan fingerprint density at radius 1 is 1.23 bits per heavy atom. The van der Waals surface area contributed by atoms with Gasteiger partial charge in [0.25, 0.3) is 11.6 Å². The van der Waals surface area contributed by atoms with Gasteiger partial charge in [-0.25, -0.2) is 4.79 Å². The Kier molecular flexibility index (Phi) is 6.94. The third kappa shape index (κ3) is 5.23. The lowest BCUT2D eigenvalue weighted by Crippen LogP contribution is -2.79. The van der Waals surface area contributed by atoms with Gasteiger partial charge in [-0.3, -0.25) is 19.7 Å². The summed E-state index contributed by atoms with van der Waals surface area (Å²) in [7, 11) is 0. The second-order valence-electron chi connectivity index (χ2n) is 8.38. The van der Waals surface area contributed by atoms with Gasteiger partial charge >= 0.3 is 5.97 Å². The molecule has 2 saturated heterocycles. The molecule has 4 atom stereocenters. The van der Waals surface area contributed by atoms with Gasteiger partial charge in [0.05, 0.1) is 4.92 Å². The lowest BCUT2D eigenvalue weighted by atomic mass is 9.91. The molecule has 2 heterocycles. The normalized spacial score (nSPS) is 25.1. The van der Waals surface area contributed by atoms with Crippen LogP contribution >= 0.6 is 11.8 Å². The van der Waals surface area contributed by atoms with E-state index in [1.807, 2.05) is 6.07 Å². The minimum absolute atomic E-state index is 0.0939. The van der Waals surface area contributed by atoms with Crippen LogP contribution in [0, 0.1) is 10.1 Å². The first-order chi connectivity index (χ1) is 16.7. The molecule has 184 valence electrons. The largest absolute Gasteiger partial charge is 0.484 e. The molecule has 2 N–H and O–H groups in total. The summed E-state index contributed by atoms with van der Waals surface area (Å²) in [6.45, 7) is 0.991. The van der Waals surface area contributed by atoms with Crippen LogP contribution in [-0.4, -0.2) is 68.1 Å². The van der Waals surface area contributed by atoms with Crippen molar-refractivity contribution in [3.8, 4) is 5.75 Å². The maximum Gasteiger partial charge on any atom is 0.332 e. The van der Waals surface area contributed by atoms with Crippen LogP contribution in [0.5, 0.6) is 5.75 Å². The van der Waals surface area contributed by atoms with Crippen LogP contribution in [0.25, 0.3) is 0 Å². The number of nitro benzene ring substituents is 1. The van der Waals surface area contributed by atoms with Crippen molar-refractivity contribution in [3.63, 3.8) is 0 Å². The van der Waals surface area contributed by atoms with Crippen molar-refractivity contribution in [1.29, 1.82) is 0 Å². The van der Waals surface area contributed by atoms with Gasteiger partial charge in [0.1, 0.15) is 29.4 Å². The Hall–Kier alpha value is -3.64. The number of nitro groups is 1. The van der Waals surface area contributed by atoms with Crippen LogP contribution in [0.15, 0.2) is 54.6 Å². The average molecular weight is 502 g/mol. The number of β-lactam (4-membered cyclic amide) rings is 1. The number of benzene rings is 2. The molecular formula is C23H23N3O8S. The van der Waals surface area contributed by atoms with E-state index in [0.717, 1.165) is 0 Å². The van der Waals surface area contributed by atoms with Crippen molar-refractivity contribution in [3.05, 3.63) is 70.3 Å². The van der Waals surface area contributed by atoms with Crippen molar-refractivity contribution in [2.24, 2.45) is 0 Å². The van der Waals surface area contributed by atoms with E-state index in [4.69, 9.17) is 9.47 Å². The van der Waals surface area contributed by atoms with Gasteiger partial charge in [0.2, 0.25) is 5.91 Å². The van der Waals surface area contributed by atoms with E-state index < -0.39 is 45.8 Å². The lowest BCUT2D eigenvalue weighted by Gasteiger charge is -2.56. The molecule has 0 aromatic heterocycles. The van der Waals surface area contributed by atoms with E-state index in [0.29, 0.717) is 11.3 Å². The second-order valence-corrected chi connectivity index (χ2v) is 9.49. The van der Waals surface area contributed by atoms with Crippen molar-refractivity contribution in [2.45, 2.75) is 36.6 Å². The summed E-state index contributed by atoms with van der Waals surface area (Å²) in [4.78, 5) is 49.5. The first-order valence-corrected chi connectivity index (χ1v) is 11.8. The van der Waals surface area contributed by atoms with Crippen molar-refractivity contribution >= 4 is 35.2 Å². The van der Waals surface area contributed by atoms with E-state index in [1.165, 1.54) is 47.9 Å². The predicted molar refractivity (Wildman–Crippen MR) is 124 cm³/mol. The summed E-state index contributed by atoms with van der Waals surface area (Å²) in [6.07, 6.45) is 0. The number of hydrogen-bond donors (Lipinski definition) is 2. The van der Waals surface area contributed by atoms with Gasteiger partial charge in [-0.15, -0.1) is 11.8 Å². The molecule has 2 fully saturated rings. The number of rotatable bonds is 8. The Morgan fingerprint density at radius 3 is 2.57 bits per heavy atom. The first kappa shape index (κ1) is 24.5. The number of para-hydroxylation sites is 1. The van der Waals surface area contributed by atoms with Crippen LogP contribution < -0.4 is 10.1 Å². The zero-order valence-corrected chi connectivity index (χ0v) is 19.5. The molecule has 3 unspecified atom stereocenters. The second kappa shape index (κ2) is 9.92. The number of carbonyl (C=O) groups excluding carboxylic acids is 3. The fourth-order valence-corrected chi connectivity index (χ4v) is 5.33. The fourth-order valence-electron chi connectivity index (χ4n) is 3.90. The highest BCUT2D eigenvalue weighted by molar-refractivity contribution is 8.00. The number of hydrogen-bond acceptors (Lipinski definition) is 9. The number of nitrogens with one attached hydrogen (secondary N) is 1. The number of esters is 1. The van der Waals surface area contributed by atoms with Gasteiger partial charge < -0.3 is 24.8 Å². The number of ether oxygens (including phenoxy) is 2. The highest BCUT2D eigenvalue weighted by atomic mass is 32.2. The summed E-state index contributed by atoms with van der Waals surface area (Å²) < 4.78 is 10.7. The Morgan fingerprint density at radius 2 is 1.91 bits per heavy atom. The van der Waals surface area contributed by atoms with Crippen LogP contribution in [-0.2, 0) is 25.7 Å². The van der Waals surface area contributed by atoms with Gasteiger partial charge in [-0.05, 0) is 36.8 Å². The van der Waals surface area contributed by atoms with Gasteiger partial charge in [-0.2, -0.15) is 0 Å². The van der Waals surface area contributed by atoms with Gasteiger partial charge in [0.15, 0.2) is 12.6 Å². The molecule has 0 saturated carbocycles. The van der Waals surface area contributed by atoms with Crippen molar-refractivity contribution in [2.75, 3.05) is 12.4 Å². The standard InChI is InChI=1S/C23H23N3O8S/c1-23(30)13-35-21-18(24-17(27)12-33-16-5-3-2-4-6-16)20(28)25(21)19(23)22(29)34-11-14-7-9-15(10-8-14)26(31)32/h2-10,18-19,21,30H,11-13H2,1H3,(H,24,27)/t18?,19?,21-,23?/m0/s1. The van der Waals surface area contributed by atoms with E-state index in [1.54, 1.807) is 24.3 Å². The number of carbonyl (C=O) groups is 3. The number of nitrogens with zero attached hydrogens (tertiary/aromatic N) is 2. The third-order valence-corrected chi connectivity index (χ3v) is 7.27. The van der Waals surface area contributed by atoms with Gasteiger partial charge in [-0.1, -0.05) is 18.2 Å². The number of aliphatic hydroxyl groups is 1. The summed E-state index contributed by atoms with van der Waals surface area (Å²) in [5.41, 5.74) is -1.12. The fraction of sp³-hybridized carbons (Fsp3) is 0.348. The predicted octanol–water partition coefficient (Wildman–Crippen LogP) is 1.24. The molecule has 11 nitrogen and oxygen atoms in total. The molecule has 12 heteroatoms. The van der Waals surface area contributed by atoms with E-state index in [9.17, 15) is 29.6 Å². The zero-order chi connectivity index (χ0) is 25.2. The average Bonchev–Trinajstić information content (AvgIpc) is 2.85. The van der Waals surface area contributed by atoms with Crippen LogP contribution in [0.3, 0.4) is 0 Å².